The Bertz CT molecular complexity index is 956. The highest BCUT2D eigenvalue weighted by atomic mass is 16.5. The standard InChI is InChI=1S/C25H31N3O5/c1-31-22-10-9-19(18-23(22)32-2)17-21(27-24(29)20-7-4-3-5-8-20)25(30)26-11-6-12-28-13-15-33-16-14-28/h3-5,7-10,17-18H,6,11-16H2,1-2H3,(H,26,30)(H,27,29). The zero-order chi connectivity index (χ0) is 23.5. The van der Waals surface area contributed by atoms with Crippen LogP contribution in [0.5, 0.6) is 11.5 Å². The first-order valence-corrected chi connectivity index (χ1v) is 11.0. The lowest BCUT2D eigenvalue weighted by atomic mass is 10.1. The average molecular weight is 454 g/mol. The van der Waals surface area contributed by atoms with Gasteiger partial charge in [0.25, 0.3) is 11.8 Å². The van der Waals surface area contributed by atoms with E-state index in [1.165, 1.54) is 0 Å². The SMILES string of the molecule is COc1ccc(C=C(NC(=O)c2ccccc2)C(=O)NCCCN2CCOCC2)cc1OC. The monoisotopic (exact) mass is 453 g/mol. The molecule has 2 aromatic carbocycles. The van der Waals surface area contributed by atoms with E-state index in [1.54, 1.807) is 62.8 Å². The number of hydrogen-bond donors (Lipinski definition) is 2. The minimum Gasteiger partial charge on any atom is -0.493 e. The molecule has 0 radical (unpaired) electrons. The molecule has 1 fully saturated rings. The number of ether oxygens (including phenoxy) is 3. The van der Waals surface area contributed by atoms with E-state index >= 15 is 0 Å². The van der Waals surface area contributed by atoms with Crippen LogP contribution in [0.2, 0.25) is 0 Å². The van der Waals surface area contributed by atoms with Crippen molar-refractivity contribution in [2.75, 3.05) is 53.6 Å². The van der Waals surface area contributed by atoms with Gasteiger partial charge in [-0.25, -0.2) is 0 Å². The predicted octanol–water partition coefficient (Wildman–Crippen LogP) is 2.31. The molecule has 1 saturated heterocycles. The van der Waals surface area contributed by atoms with Gasteiger partial charge in [0.1, 0.15) is 5.70 Å². The van der Waals surface area contributed by atoms with Gasteiger partial charge in [-0.15, -0.1) is 0 Å². The lowest BCUT2D eigenvalue weighted by Crippen LogP contribution is -2.39. The first-order valence-electron chi connectivity index (χ1n) is 11.0. The summed E-state index contributed by atoms with van der Waals surface area (Å²) in [5.41, 5.74) is 1.32. The molecular weight excluding hydrogens is 422 g/mol. The number of nitrogens with one attached hydrogen (secondary N) is 2. The zero-order valence-electron chi connectivity index (χ0n) is 19.1. The average Bonchev–Trinajstić information content (AvgIpc) is 2.87. The summed E-state index contributed by atoms with van der Waals surface area (Å²) in [6, 6.07) is 14.1. The predicted molar refractivity (Wildman–Crippen MR) is 126 cm³/mol. The minimum atomic E-state index is -0.356. The number of hydrogen-bond acceptors (Lipinski definition) is 6. The van der Waals surface area contributed by atoms with E-state index < -0.39 is 0 Å². The van der Waals surface area contributed by atoms with Gasteiger partial charge in [0.05, 0.1) is 27.4 Å². The van der Waals surface area contributed by atoms with Crippen molar-refractivity contribution in [3.8, 4) is 11.5 Å². The van der Waals surface area contributed by atoms with E-state index in [2.05, 4.69) is 15.5 Å². The third kappa shape index (κ3) is 7.34. The van der Waals surface area contributed by atoms with Crippen LogP contribution in [0.25, 0.3) is 6.08 Å². The van der Waals surface area contributed by atoms with Crippen LogP contribution < -0.4 is 20.1 Å². The number of benzene rings is 2. The van der Waals surface area contributed by atoms with Crippen LogP contribution >= 0.6 is 0 Å². The Labute approximate surface area is 194 Å². The Morgan fingerprint density at radius 3 is 2.45 bits per heavy atom. The summed E-state index contributed by atoms with van der Waals surface area (Å²) in [7, 11) is 3.11. The molecular formula is C25H31N3O5. The molecule has 0 bridgehead atoms. The molecule has 0 aliphatic carbocycles. The van der Waals surface area contributed by atoms with Crippen LogP contribution in [0.1, 0.15) is 22.3 Å². The normalized spacial score (nSPS) is 14.4. The number of morpholine rings is 1. The summed E-state index contributed by atoms with van der Waals surface area (Å²) < 4.78 is 16.0. The smallest absolute Gasteiger partial charge is 0.267 e. The van der Waals surface area contributed by atoms with E-state index in [1.807, 2.05) is 6.07 Å². The second-order valence-electron chi connectivity index (χ2n) is 7.56. The number of nitrogens with zero attached hydrogens (tertiary/aromatic N) is 1. The molecule has 2 aromatic rings. The quantitative estimate of drug-likeness (QED) is 0.424. The van der Waals surface area contributed by atoms with Gasteiger partial charge in [-0.2, -0.15) is 0 Å². The minimum absolute atomic E-state index is 0.155. The summed E-state index contributed by atoms with van der Waals surface area (Å²) in [6.45, 7) is 4.69. The number of carbonyl (C=O) groups excluding carboxylic acids is 2. The molecule has 0 unspecified atom stereocenters. The lowest BCUT2D eigenvalue weighted by Gasteiger charge is -2.26. The third-order valence-corrected chi connectivity index (χ3v) is 5.29. The zero-order valence-corrected chi connectivity index (χ0v) is 19.1. The number of amides is 2. The fourth-order valence-corrected chi connectivity index (χ4v) is 3.48. The van der Waals surface area contributed by atoms with Crippen LogP contribution in [0.15, 0.2) is 54.2 Å². The van der Waals surface area contributed by atoms with Gasteiger partial charge in [-0.1, -0.05) is 24.3 Å². The highest BCUT2D eigenvalue weighted by Gasteiger charge is 2.16. The maximum Gasteiger partial charge on any atom is 0.267 e. The van der Waals surface area contributed by atoms with Crippen LogP contribution in [0.4, 0.5) is 0 Å². The third-order valence-electron chi connectivity index (χ3n) is 5.29. The second kappa shape index (κ2) is 12.6. The Morgan fingerprint density at radius 1 is 1.03 bits per heavy atom. The van der Waals surface area contributed by atoms with Crippen molar-refractivity contribution in [2.45, 2.75) is 6.42 Å². The first-order chi connectivity index (χ1) is 16.1. The van der Waals surface area contributed by atoms with E-state index in [4.69, 9.17) is 14.2 Å². The van der Waals surface area contributed by atoms with Gasteiger partial charge < -0.3 is 24.8 Å². The Morgan fingerprint density at radius 2 is 1.76 bits per heavy atom. The van der Waals surface area contributed by atoms with Crippen molar-refractivity contribution in [1.29, 1.82) is 0 Å². The van der Waals surface area contributed by atoms with E-state index in [0.717, 1.165) is 39.3 Å². The maximum absolute atomic E-state index is 13.0. The Balaban J connectivity index is 1.71. The van der Waals surface area contributed by atoms with Crippen molar-refractivity contribution in [1.82, 2.24) is 15.5 Å². The van der Waals surface area contributed by atoms with E-state index in [0.29, 0.717) is 29.2 Å². The topological polar surface area (TPSA) is 89.1 Å². The van der Waals surface area contributed by atoms with Gasteiger partial charge in [-0.05, 0) is 48.9 Å². The molecule has 2 amide bonds. The van der Waals surface area contributed by atoms with E-state index in [9.17, 15) is 9.59 Å². The first kappa shape index (κ1) is 24.3. The molecule has 176 valence electrons. The van der Waals surface area contributed by atoms with Gasteiger partial charge in [0.15, 0.2) is 11.5 Å². The molecule has 1 aliphatic rings. The van der Waals surface area contributed by atoms with Crippen LogP contribution in [-0.2, 0) is 9.53 Å². The molecule has 33 heavy (non-hydrogen) atoms. The number of carbonyl (C=O) groups is 2. The molecule has 8 nitrogen and oxygen atoms in total. The molecule has 0 atom stereocenters. The van der Waals surface area contributed by atoms with Crippen LogP contribution in [-0.4, -0.2) is 70.3 Å². The van der Waals surface area contributed by atoms with Crippen molar-refractivity contribution in [3.05, 3.63) is 65.4 Å². The summed E-state index contributed by atoms with van der Waals surface area (Å²) >= 11 is 0. The second-order valence-corrected chi connectivity index (χ2v) is 7.56. The molecule has 1 aliphatic heterocycles. The van der Waals surface area contributed by atoms with Crippen molar-refractivity contribution >= 4 is 17.9 Å². The molecule has 0 saturated carbocycles. The summed E-state index contributed by atoms with van der Waals surface area (Å²) in [4.78, 5) is 28.0. The molecule has 3 rings (SSSR count). The Kier molecular flexibility index (Phi) is 9.29. The van der Waals surface area contributed by atoms with Gasteiger partial charge in [-0.3, -0.25) is 14.5 Å². The molecule has 8 heteroatoms. The van der Waals surface area contributed by atoms with Gasteiger partial charge >= 0.3 is 0 Å². The molecule has 1 heterocycles. The number of rotatable bonds is 10. The summed E-state index contributed by atoms with van der Waals surface area (Å²) in [6.07, 6.45) is 2.43. The summed E-state index contributed by atoms with van der Waals surface area (Å²) in [5.74, 6) is 0.407. The van der Waals surface area contributed by atoms with E-state index in [-0.39, 0.29) is 17.5 Å². The molecule has 0 spiro atoms. The number of methoxy groups -OCH3 is 2. The van der Waals surface area contributed by atoms with Crippen molar-refractivity contribution in [2.24, 2.45) is 0 Å². The summed E-state index contributed by atoms with van der Waals surface area (Å²) in [5, 5.41) is 5.66. The Hall–Kier alpha value is -3.36. The van der Waals surface area contributed by atoms with Crippen LogP contribution in [0.3, 0.4) is 0 Å². The molecule has 2 N–H and O–H groups in total. The maximum atomic E-state index is 13.0. The van der Waals surface area contributed by atoms with Crippen molar-refractivity contribution in [3.63, 3.8) is 0 Å². The fraction of sp³-hybridized carbons (Fsp3) is 0.360. The van der Waals surface area contributed by atoms with Crippen LogP contribution in [0, 0.1) is 0 Å². The highest BCUT2D eigenvalue weighted by molar-refractivity contribution is 6.05. The van der Waals surface area contributed by atoms with Gasteiger partial charge in [0, 0.05) is 25.2 Å². The van der Waals surface area contributed by atoms with Gasteiger partial charge in [0.2, 0.25) is 0 Å². The molecule has 0 aromatic heterocycles. The fourth-order valence-electron chi connectivity index (χ4n) is 3.48. The largest absolute Gasteiger partial charge is 0.493 e. The highest BCUT2D eigenvalue weighted by Crippen LogP contribution is 2.28. The lowest BCUT2D eigenvalue weighted by molar-refractivity contribution is -0.117. The van der Waals surface area contributed by atoms with Crippen molar-refractivity contribution < 1.29 is 23.8 Å².